The number of carbonyl (C=O) groups is 2. The summed E-state index contributed by atoms with van der Waals surface area (Å²) in [6.45, 7) is 4.25. The Morgan fingerprint density at radius 3 is 2.54 bits per heavy atom. The lowest BCUT2D eigenvalue weighted by Gasteiger charge is -2.11. The number of rotatable bonds is 5. The molecule has 142 valence electrons. The summed E-state index contributed by atoms with van der Waals surface area (Å²) in [7, 11) is 0. The number of carbonyl (C=O) groups excluding carboxylic acids is 2. The van der Waals surface area contributed by atoms with E-state index in [1.807, 2.05) is 54.6 Å². The first-order valence-corrected chi connectivity index (χ1v) is 9.36. The molecule has 1 aliphatic rings. The van der Waals surface area contributed by atoms with Crippen molar-refractivity contribution in [2.24, 2.45) is 0 Å². The van der Waals surface area contributed by atoms with Gasteiger partial charge in [0.2, 0.25) is 5.91 Å². The van der Waals surface area contributed by atoms with Crippen molar-refractivity contribution in [1.82, 2.24) is 9.78 Å². The highest BCUT2D eigenvalue weighted by Gasteiger charge is 2.35. The summed E-state index contributed by atoms with van der Waals surface area (Å²) in [6, 6.07) is 16.9. The maximum absolute atomic E-state index is 12.5. The minimum atomic E-state index is -0.651. The fourth-order valence-electron chi connectivity index (χ4n) is 3.38. The first-order chi connectivity index (χ1) is 13.5. The summed E-state index contributed by atoms with van der Waals surface area (Å²) in [5, 5.41) is 10.1. The van der Waals surface area contributed by atoms with Gasteiger partial charge in [-0.2, -0.15) is 5.10 Å². The third-order valence-electron chi connectivity index (χ3n) is 4.96. The second-order valence-corrected chi connectivity index (χ2v) is 7.25. The topological polar surface area (TPSA) is 76.0 Å². The van der Waals surface area contributed by atoms with Crippen molar-refractivity contribution in [3.05, 3.63) is 66.4 Å². The van der Waals surface area contributed by atoms with Gasteiger partial charge < -0.3 is 10.6 Å². The van der Waals surface area contributed by atoms with Crippen LogP contribution in [-0.4, -0.2) is 21.6 Å². The van der Waals surface area contributed by atoms with Crippen LogP contribution in [0.15, 0.2) is 60.8 Å². The molecular formula is C22H22N4O2. The lowest BCUT2D eigenvalue weighted by atomic mass is 10.0. The summed E-state index contributed by atoms with van der Waals surface area (Å²) in [6.07, 6.45) is 1.75. The predicted octanol–water partition coefficient (Wildman–Crippen LogP) is 4.20. The third kappa shape index (κ3) is 3.41. The van der Waals surface area contributed by atoms with Crippen LogP contribution in [0.4, 0.5) is 11.5 Å². The number of anilines is 2. The Morgan fingerprint density at radius 1 is 1.14 bits per heavy atom. The summed E-state index contributed by atoms with van der Waals surface area (Å²) in [5.41, 5.74) is 3.75. The van der Waals surface area contributed by atoms with Crippen LogP contribution in [-0.2, 0) is 9.59 Å². The van der Waals surface area contributed by atoms with Crippen LogP contribution in [0.25, 0.3) is 11.1 Å². The molecule has 0 spiro atoms. The molecule has 28 heavy (non-hydrogen) atoms. The van der Waals surface area contributed by atoms with E-state index in [9.17, 15) is 9.59 Å². The van der Waals surface area contributed by atoms with Crippen molar-refractivity contribution in [3.8, 4) is 11.1 Å². The average molecular weight is 374 g/mol. The Kier molecular flexibility index (Phi) is 4.69. The molecule has 4 rings (SSSR count). The summed E-state index contributed by atoms with van der Waals surface area (Å²) < 4.78 is 1.60. The number of benzene rings is 2. The number of hydrogen-bond donors (Lipinski definition) is 2. The lowest BCUT2D eigenvalue weighted by Crippen LogP contribution is -2.23. The van der Waals surface area contributed by atoms with Gasteiger partial charge in [0, 0.05) is 11.3 Å². The molecule has 1 aromatic heterocycles. The van der Waals surface area contributed by atoms with Crippen molar-refractivity contribution in [1.29, 1.82) is 0 Å². The van der Waals surface area contributed by atoms with Crippen LogP contribution in [0.2, 0.25) is 0 Å². The van der Waals surface area contributed by atoms with Crippen LogP contribution in [0.5, 0.6) is 0 Å². The second kappa shape index (κ2) is 7.31. The van der Waals surface area contributed by atoms with E-state index < -0.39 is 6.04 Å². The van der Waals surface area contributed by atoms with Gasteiger partial charge in [-0.3, -0.25) is 9.59 Å². The van der Waals surface area contributed by atoms with E-state index in [1.54, 1.807) is 10.9 Å². The number of fused-ring (bicyclic) bond motifs is 1. The molecule has 1 atom stereocenters. The van der Waals surface area contributed by atoms with Gasteiger partial charge in [0.05, 0.1) is 12.6 Å². The maximum atomic E-state index is 12.5. The number of nitrogens with one attached hydrogen (secondary N) is 2. The molecule has 0 unspecified atom stereocenters. The molecule has 0 fully saturated rings. The molecule has 0 bridgehead atoms. The number of aromatic nitrogens is 2. The molecule has 0 radical (unpaired) electrons. The highest BCUT2D eigenvalue weighted by atomic mass is 16.2. The average Bonchev–Trinajstić information content (AvgIpc) is 3.22. The van der Waals surface area contributed by atoms with Gasteiger partial charge in [-0.25, -0.2) is 4.68 Å². The predicted molar refractivity (Wildman–Crippen MR) is 109 cm³/mol. The normalized spacial score (nSPS) is 15.4. The Balaban J connectivity index is 1.48. The molecule has 3 aromatic rings. The standard InChI is InChI=1S/C22H22N4O2/c1-14(2)15-8-10-17(11-9-15)24-20(27)12-19-22(28)25-21-18(13-23-26(19)21)16-6-4-3-5-7-16/h3-11,13-14,19H,12H2,1-2H3,(H,24,27)(H,25,28)/t19-/m1/s1. The van der Waals surface area contributed by atoms with E-state index in [4.69, 9.17) is 0 Å². The largest absolute Gasteiger partial charge is 0.326 e. The SMILES string of the molecule is CC(C)c1ccc(NC(=O)C[C@@H]2C(=O)Nc3c(-c4ccccc4)cnn32)cc1. The third-order valence-corrected chi connectivity index (χ3v) is 4.96. The molecule has 0 saturated carbocycles. The van der Waals surface area contributed by atoms with Gasteiger partial charge in [-0.1, -0.05) is 56.3 Å². The molecular weight excluding hydrogens is 352 g/mol. The summed E-state index contributed by atoms with van der Waals surface area (Å²) in [4.78, 5) is 24.9. The molecule has 2 aromatic carbocycles. The lowest BCUT2D eigenvalue weighted by molar-refractivity contribution is -0.123. The zero-order valence-corrected chi connectivity index (χ0v) is 15.8. The zero-order chi connectivity index (χ0) is 19.7. The van der Waals surface area contributed by atoms with Crippen LogP contribution in [0, 0.1) is 0 Å². The molecule has 2 N–H and O–H groups in total. The number of nitrogens with zero attached hydrogens (tertiary/aromatic N) is 2. The van der Waals surface area contributed by atoms with E-state index in [1.165, 1.54) is 5.56 Å². The van der Waals surface area contributed by atoms with Gasteiger partial charge in [-0.15, -0.1) is 0 Å². The second-order valence-electron chi connectivity index (χ2n) is 7.25. The van der Waals surface area contributed by atoms with E-state index in [0.29, 0.717) is 11.7 Å². The van der Waals surface area contributed by atoms with Crippen molar-refractivity contribution in [2.75, 3.05) is 10.6 Å². The fourth-order valence-corrected chi connectivity index (χ4v) is 3.38. The van der Waals surface area contributed by atoms with Crippen LogP contribution in [0.1, 0.15) is 37.8 Å². The molecule has 0 saturated heterocycles. The van der Waals surface area contributed by atoms with E-state index in [0.717, 1.165) is 16.8 Å². The van der Waals surface area contributed by atoms with Gasteiger partial charge in [-0.05, 0) is 29.2 Å². The quantitative estimate of drug-likeness (QED) is 0.703. The van der Waals surface area contributed by atoms with Crippen molar-refractivity contribution >= 4 is 23.3 Å². The van der Waals surface area contributed by atoms with Gasteiger partial charge in [0.1, 0.15) is 11.9 Å². The van der Waals surface area contributed by atoms with Crippen LogP contribution < -0.4 is 10.6 Å². The number of hydrogen-bond acceptors (Lipinski definition) is 3. The van der Waals surface area contributed by atoms with E-state index in [2.05, 4.69) is 29.6 Å². The first-order valence-electron chi connectivity index (χ1n) is 9.36. The van der Waals surface area contributed by atoms with Crippen LogP contribution in [0.3, 0.4) is 0 Å². The number of amides is 2. The van der Waals surface area contributed by atoms with Crippen molar-refractivity contribution in [3.63, 3.8) is 0 Å². The fraction of sp³-hybridized carbons (Fsp3) is 0.227. The van der Waals surface area contributed by atoms with E-state index >= 15 is 0 Å². The molecule has 6 nitrogen and oxygen atoms in total. The van der Waals surface area contributed by atoms with Crippen molar-refractivity contribution in [2.45, 2.75) is 32.2 Å². The molecule has 0 aliphatic carbocycles. The highest BCUT2D eigenvalue weighted by Crippen LogP contribution is 2.35. The Hall–Kier alpha value is -3.41. The van der Waals surface area contributed by atoms with E-state index in [-0.39, 0.29) is 18.2 Å². The Labute approximate surface area is 163 Å². The summed E-state index contributed by atoms with van der Waals surface area (Å²) in [5.74, 6) is 0.631. The minimum absolute atomic E-state index is 0.0284. The highest BCUT2D eigenvalue weighted by molar-refractivity contribution is 6.04. The smallest absolute Gasteiger partial charge is 0.251 e. The minimum Gasteiger partial charge on any atom is -0.326 e. The Bertz CT molecular complexity index is 1010. The first kappa shape index (κ1) is 18.0. The van der Waals surface area contributed by atoms with Crippen LogP contribution >= 0.6 is 0 Å². The maximum Gasteiger partial charge on any atom is 0.251 e. The monoisotopic (exact) mass is 374 g/mol. The molecule has 2 heterocycles. The molecule has 6 heteroatoms. The zero-order valence-electron chi connectivity index (χ0n) is 15.8. The van der Waals surface area contributed by atoms with Crippen molar-refractivity contribution < 1.29 is 9.59 Å². The summed E-state index contributed by atoms with van der Waals surface area (Å²) >= 11 is 0. The van der Waals surface area contributed by atoms with Gasteiger partial charge in [0.25, 0.3) is 5.91 Å². The Morgan fingerprint density at radius 2 is 1.86 bits per heavy atom. The molecule has 1 aliphatic heterocycles. The molecule has 2 amide bonds. The van der Waals surface area contributed by atoms with Gasteiger partial charge in [0.15, 0.2) is 0 Å². The van der Waals surface area contributed by atoms with Gasteiger partial charge >= 0.3 is 0 Å².